The number of nitrogens with zero attached hydrogens (tertiary/aromatic N) is 5. The average Bonchev–Trinajstić information content (AvgIpc) is 3.22. The highest BCUT2D eigenvalue weighted by atomic mass is 16.2. The second kappa shape index (κ2) is 6.92. The minimum Gasteiger partial charge on any atom is -0.268 e. The topological polar surface area (TPSA) is 81.0 Å². The van der Waals surface area contributed by atoms with Crippen LogP contribution in [0.1, 0.15) is 71.4 Å². The third-order valence-electron chi connectivity index (χ3n) is 5.33. The molecule has 0 spiro atoms. The van der Waals surface area contributed by atoms with E-state index in [1.807, 2.05) is 18.2 Å². The molecule has 2 heterocycles. The second-order valence-corrected chi connectivity index (χ2v) is 7.93. The molecule has 0 saturated heterocycles. The molecular weight excluding hydrogens is 366 g/mol. The summed E-state index contributed by atoms with van der Waals surface area (Å²) in [6.07, 6.45) is 0. The molecule has 148 valence electrons. The molecule has 7 nitrogen and oxygen atoms in total. The Balaban J connectivity index is 1.87. The van der Waals surface area contributed by atoms with Crippen LogP contribution in [0.15, 0.2) is 36.4 Å². The van der Waals surface area contributed by atoms with Gasteiger partial charge in [-0.25, -0.2) is 9.58 Å². The molecule has 0 unspecified atom stereocenters. The number of benzene rings is 2. The lowest BCUT2D eigenvalue weighted by atomic mass is 9.92. The van der Waals surface area contributed by atoms with Crippen molar-refractivity contribution >= 4 is 17.5 Å². The van der Waals surface area contributed by atoms with E-state index in [9.17, 15) is 9.59 Å². The van der Waals surface area contributed by atoms with Crippen molar-refractivity contribution in [2.24, 2.45) is 7.05 Å². The molecular formula is C22H23N5O2. The number of amides is 2. The first-order chi connectivity index (χ1) is 13.8. The molecule has 7 heteroatoms. The normalized spacial score (nSPS) is 13.7. The van der Waals surface area contributed by atoms with E-state index >= 15 is 0 Å². The van der Waals surface area contributed by atoms with Gasteiger partial charge in [-0.05, 0) is 45.5 Å². The fraction of sp³-hybridized carbons (Fsp3) is 0.318. The highest BCUT2D eigenvalue weighted by molar-refractivity contribution is 6.35. The number of imide groups is 1. The van der Waals surface area contributed by atoms with Crippen molar-refractivity contribution < 1.29 is 9.59 Å². The summed E-state index contributed by atoms with van der Waals surface area (Å²) in [7, 11) is 1.73. The highest BCUT2D eigenvalue weighted by Gasteiger charge is 2.39. The predicted octanol–water partition coefficient (Wildman–Crippen LogP) is 3.92. The predicted molar refractivity (Wildman–Crippen MR) is 110 cm³/mol. The standard InChI is InChI=1S/C22H23N5O2/c1-12(2)15-7-6-8-16(13(3)4)19(15)27-21(28)17-10-9-14(11-18(17)22(27)29)20-23-24-25-26(20)5/h6-13H,1-5H3. The van der Waals surface area contributed by atoms with Crippen molar-refractivity contribution in [2.45, 2.75) is 39.5 Å². The summed E-state index contributed by atoms with van der Waals surface area (Å²) in [6, 6.07) is 11.1. The molecule has 0 fully saturated rings. The lowest BCUT2D eigenvalue weighted by molar-refractivity contribution is 0.0925. The minimum absolute atomic E-state index is 0.174. The number of aryl methyl sites for hydroxylation is 1. The number of aromatic nitrogens is 4. The molecule has 1 aliphatic rings. The van der Waals surface area contributed by atoms with E-state index < -0.39 is 0 Å². The molecule has 1 aromatic heterocycles. The molecule has 0 aliphatic carbocycles. The molecule has 2 amide bonds. The highest BCUT2D eigenvalue weighted by Crippen LogP contribution is 2.40. The molecule has 0 radical (unpaired) electrons. The number of carbonyl (C=O) groups excluding carboxylic acids is 2. The molecule has 0 bridgehead atoms. The molecule has 0 atom stereocenters. The minimum atomic E-state index is -0.308. The van der Waals surface area contributed by atoms with E-state index in [-0.39, 0.29) is 23.7 Å². The van der Waals surface area contributed by atoms with Gasteiger partial charge in [0.2, 0.25) is 0 Å². The fourth-order valence-electron chi connectivity index (χ4n) is 3.83. The third-order valence-corrected chi connectivity index (χ3v) is 5.33. The maximum absolute atomic E-state index is 13.4. The van der Waals surface area contributed by atoms with Crippen molar-refractivity contribution in [2.75, 3.05) is 4.90 Å². The molecule has 1 aliphatic heterocycles. The van der Waals surface area contributed by atoms with Crippen LogP contribution in [-0.4, -0.2) is 32.0 Å². The zero-order valence-corrected chi connectivity index (χ0v) is 17.2. The number of hydrogen-bond donors (Lipinski definition) is 0. The fourth-order valence-corrected chi connectivity index (χ4v) is 3.83. The van der Waals surface area contributed by atoms with Crippen LogP contribution in [-0.2, 0) is 7.05 Å². The lowest BCUT2D eigenvalue weighted by Crippen LogP contribution is -2.31. The Morgan fingerprint density at radius 2 is 1.48 bits per heavy atom. The first-order valence-corrected chi connectivity index (χ1v) is 9.69. The van der Waals surface area contributed by atoms with Crippen molar-refractivity contribution in [3.05, 3.63) is 58.7 Å². The maximum atomic E-state index is 13.4. The summed E-state index contributed by atoms with van der Waals surface area (Å²) in [5, 5.41) is 11.5. The Morgan fingerprint density at radius 1 is 0.862 bits per heavy atom. The van der Waals surface area contributed by atoms with Gasteiger partial charge < -0.3 is 0 Å². The van der Waals surface area contributed by atoms with Gasteiger partial charge in [0.25, 0.3) is 11.8 Å². The average molecular weight is 389 g/mol. The van der Waals surface area contributed by atoms with E-state index in [0.717, 1.165) is 11.1 Å². The van der Waals surface area contributed by atoms with E-state index in [0.29, 0.717) is 28.2 Å². The van der Waals surface area contributed by atoms with Crippen LogP contribution in [0.3, 0.4) is 0 Å². The van der Waals surface area contributed by atoms with Crippen LogP contribution in [0.4, 0.5) is 5.69 Å². The number of tetrazole rings is 1. The van der Waals surface area contributed by atoms with Crippen LogP contribution in [0.2, 0.25) is 0 Å². The summed E-state index contributed by atoms with van der Waals surface area (Å²) in [4.78, 5) is 28.0. The van der Waals surface area contributed by atoms with Crippen molar-refractivity contribution in [1.82, 2.24) is 20.2 Å². The van der Waals surface area contributed by atoms with Crippen LogP contribution in [0.5, 0.6) is 0 Å². The molecule has 29 heavy (non-hydrogen) atoms. The van der Waals surface area contributed by atoms with Crippen LogP contribution in [0.25, 0.3) is 11.4 Å². The molecule has 0 saturated carbocycles. The quantitative estimate of drug-likeness (QED) is 0.632. The molecule has 4 rings (SSSR count). The number of para-hydroxylation sites is 1. The van der Waals surface area contributed by atoms with Crippen molar-refractivity contribution in [3.63, 3.8) is 0 Å². The Morgan fingerprint density at radius 3 is 2.03 bits per heavy atom. The van der Waals surface area contributed by atoms with Gasteiger partial charge in [-0.3, -0.25) is 9.59 Å². The van der Waals surface area contributed by atoms with E-state index in [1.165, 1.54) is 9.58 Å². The first kappa shape index (κ1) is 19.0. The van der Waals surface area contributed by atoms with Crippen molar-refractivity contribution in [3.8, 4) is 11.4 Å². The number of anilines is 1. The largest absolute Gasteiger partial charge is 0.268 e. The van der Waals surface area contributed by atoms with Gasteiger partial charge in [-0.1, -0.05) is 52.0 Å². The van der Waals surface area contributed by atoms with Gasteiger partial charge in [-0.2, -0.15) is 0 Å². The summed E-state index contributed by atoms with van der Waals surface area (Å²) in [5.41, 5.74) is 4.17. The summed E-state index contributed by atoms with van der Waals surface area (Å²) >= 11 is 0. The Hall–Kier alpha value is -3.35. The summed E-state index contributed by atoms with van der Waals surface area (Å²) in [5.74, 6) is 0.290. The summed E-state index contributed by atoms with van der Waals surface area (Å²) < 4.78 is 1.53. The van der Waals surface area contributed by atoms with Crippen LogP contribution in [0, 0.1) is 0 Å². The van der Waals surface area contributed by atoms with Crippen LogP contribution >= 0.6 is 0 Å². The third kappa shape index (κ3) is 2.93. The first-order valence-electron chi connectivity index (χ1n) is 9.69. The van der Waals surface area contributed by atoms with Gasteiger partial charge in [0.1, 0.15) is 0 Å². The molecule has 2 aromatic carbocycles. The number of rotatable bonds is 4. The van der Waals surface area contributed by atoms with Gasteiger partial charge in [-0.15, -0.1) is 5.10 Å². The number of fused-ring (bicyclic) bond motifs is 1. The smallest absolute Gasteiger partial charge is 0.266 e. The molecule has 3 aromatic rings. The van der Waals surface area contributed by atoms with Crippen molar-refractivity contribution in [1.29, 1.82) is 0 Å². The number of carbonyl (C=O) groups is 2. The van der Waals surface area contributed by atoms with Gasteiger partial charge >= 0.3 is 0 Å². The van der Waals surface area contributed by atoms with E-state index in [1.54, 1.807) is 25.2 Å². The summed E-state index contributed by atoms with van der Waals surface area (Å²) in [6.45, 7) is 8.28. The molecule has 0 N–H and O–H groups in total. The van der Waals surface area contributed by atoms with Crippen LogP contribution < -0.4 is 4.90 Å². The van der Waals surface area contributed by atoms with E-state index in [2.05, 4.69) is 43.2 Å². The van der Waals surface area contributed by atoms with Gasteiger partial charge in [0.05, 0.1) is 16.8 Å². The Labute approximate surface area is 169 Å². The number of hydrogen-bond acceptors (Lipinski definition) is 5. The Bertz CT molecular complexity index is 1100. The lowest BCUT2D eigenvalue weighted by Gasteiger charge is -2.25. The SMILES string of the molecule is CC(C)c1cccc(C(C)C)c1N1C(=O)c2ccc(-c3nnnn3C)cc2C1=O. The Kier molecular flexibility index (Phi) is 4.53. The zero-order valence-electron chi connectivity index (χ0n) is 17.2. The van der Waals surface area contributed by atoms with Gasteiger partial charge in [0.15, 0.2) is 5.82 Å². The zero-order chi connectivity index (χ0) is 20.9. The second-order valence-electron chi connectivity index (χ2n) is 7.93. The monoisotopic (exact) mass is 389 g/mol. The van der Waals surface area contributed by atoms with Gasteiger partial charge in [0, 0.05) is 12.6 Å². The maximum Gasteiger partial charge on any atom is 0.266 e. The van der Waals surface area contributed by atoms with E-state index in [4.69, 9.17) is 0 Å².